The number of fused-ring (bicyclic) bond motifs is 4. The molecule has 0 amide bonds. The molecule has 15 N–H and O–H groups in total. The third-order valence-corrected chi connectivity index (χ3v) is 26.5. The summed E-state index contributed by atoms with van der Waals surface area (Å²) < 4.78 is 24.4. The second kappa shape index (κ2) is 46.8. The molecular formula is C112H102O28S2. The largest absolute Gasteiger partial charge is 0.508 e. The summed E-state index contributed by atoms with van der Waals surface area (Å²) in [7, 11) is -3.24. The topological polar surface area (TPSA) is 525 Å². The number of phenols is 9. The average Bonchev–Trinajstić information content (AvgIpc) is 1.51. The summed E-state index contributed by atoms with van der Waals surface area (Å²) in [5.74, 6) is -8.61. The van der Waals surface area contributed by atoms with Crippen molar-refractivity contribution in [3.05, 3.63) is 418 Å². The Balaban J connectivity index is 0.000000189. The van der Waals surface area contributed by atoms with Crippen LogP contribution in [0.4, 0.5) is 0 Å². The van der Waals surface area contributed by atoms with E-state index in [1.807, 2.05) is 150 Å². The molecule has 28 nitrogen and oxygen atoms in total. The number of carboxylic acid groups (broad SMARTS) is 6. The van der Waals surface area contributed by atoms with Crippen molar-refractivity contribution in [2.45, 2.75) is 138 Å². The molecule has 0 fully saturated rings. The molecule has 730 valence electrons. The maximum atomic E-state index is 12.2. The number of aryl methyl sites for hydroxylation is 7. The zero-order valence-electron chi connectivity index (χ0n) is 78.7. The van der Waals surface area contributed by atoms with Gasteiger partial charge in [-0.05, 0) is 283 Å². The molecule has 0 saturated carbocycles. The normalized spacial score (nSPS) is 13.5. The van der Waals surface area contributed by atoms with E-state index in [0.29, 0.717) is 89.6 Å². The van der Waals surface area contributed by atoms with Crippen molar-refractivity contribution in [1.29, 1.82) is 0 Å². The Morgan fingerprint density at radius 2 is 0.739 bits per heavy atom. The van der Waals surface area contributed by atoms with Gasteiger partial charge in [0.15, 0.2) is 38.6 Å². The van der Waals surface area contributed by atoms with Crippen LogP contribution in [0.1, 0.15) is 214 Å². The Morgan fingerprint density at radius 3 is 1.24 bits per heavy atom. The van der Waals surface area contributed by atoms with Crippen molar-refractivity contribution < 1.29 is 138 Å². The fourth-order valence-corrected chi connectivity index (χ4v) is 19.2. The summed E-state index contributed by atoms with van der Waals surface area (Å²) in [4.78, 5) is 113. The number of ketones is 1. The maximum absolute atomic E-state index is 12.2. The van der Waals surface area contributed by atoms with Gasteiger partial charge in [-0.2, -0.15) is 19.2 Å². The standard InChI is InChI=1S/C22H16O6.C22H26O5.C21H18O3.C15H12O5S.C15H14O3.C15H16O2S.2CO2/c1-12-2-3-14(10-17(12)21(25)26)20(13-4-7-16(23)8-5-13)15-6-9-19(24)18(11-15)22(27)28;1-10-6-11-14(18(26)16(10)24)22(8-20(11,2)3)9-21(4,5)12-7-13(23)17(25)19(27)15(12)22;1-14-6-8-15(9-7-14)20(16-10-12-17(22)13-11-16)18-4-2-3-5-19(18)21(23)24;1-8-2-3-9(6-11(8)14(17)18)21-10-4-5-13(16)12(7-10)15(19)20;1-10-2-3-12(9-14(10)15(17)18)8-11-4-6-13(16)7-5-11;1-12-3-7-14(8-4-12)11-18(16,17)15-9-5-13(2)6-10-15;2*2-1-3/h2-11,24H,1H3,(H,25,26)(H,27,28);6-7,23-27H,8-9H2,1-5H3;2-13,20,22H,1H3,(H,23,24);2-7,16H,1H3,(H,17,18)(H,19,20);2-7,9,16H,8H2,1H3,(H,17,18);3-10H,11H2,1-2H3;;. The van der Waals surface area contributed by atoms with E-state index in [-0.39, 0.29) is 109 Å². The van der Waals surface area contributed by atoms with Gasteiger partial charge in [0.25, 0.3) is 0 Å². The number of aromatic carboxylic acids is 6. The summed E-state index contributed by atoms with van der Waals surface area (Å²) in [5.41, 5.74) is 15.5. The zero-order chi connectivity index (χ0) is 105. The molecule has 142 heavy (non-hydrogen) atoms. The minimum atomic E-state index is -3.24. The predicted octanol–water partition coefficient (Wildman–Crippen LogP) is 20.7. The molecule has 13 aromatic carbocycles. The third kappa shape index (κ3) is 26.6. The molecule has 2 atom stereocenters. The molecule has 16 rings (SSSR count). The first-order chi connectivity index (χ1) is 66.9. The second-order valence-corrected chi connectivity index (χ2v) is 38.2. The average molecular weight is 1960 g/mol. The van der Waals surface area contributed by atoms with Gasteiger partial charge in [-0.25, -0.2) is 37.2 Å². The lowest BCUT2D eigenvalue weighted by molar-refractivity contribution is -0.193. The van der Waals surface area contributed by atoms with Crippen molar-refractivity contribution in [2.75, 3.05) is 0 Å². The molecule has 0 aliphatic heterocycles. The summed E-state index contributed by atoms with van der Waals surface area (Å²) >= 11 is 1.23. The fraction of sp³-hybridized carbons (Fsp3) is 0.170. The van der Waals surface area contributed by atoms with Crippen LogP contribution in [-0.4, -0.2) is 139 Å². The molecule has 0 heterocycles. The number of benzene rings is 13. The molecular weight excluding hydrogens is 1860 g/mol. The predicted molar refractivity (Wildman–Crippen MR) is 528 cm³/mol. The van der Waals surface area contributed by atoms with Crippen molar-refractivity contribution in [2.24, 2.45) is 0 Å². The smallest absolute Gasteiger partial charge is 0.373 e. The molecule has 3 aliphatic carbocycles. The van der Waals surface area contributed by atoms with Gasteiger partial charge in [0.2, 0.25) is 5.75 Å². The SMILES string of the molecule is Cc1cc2c(c(O)c1O)C1(CC2(C)C)CC(C)(C)c2cc(O)c(O)c(O)c21.Cc1ccc(C(=C2C=CC(=O)C=C2)c2ccc(O)c(C(=O)O)c2)cc1C(=O)O.Cc1ccc(C(c2ccc(O)cc2)c2ccccc2C(=O)O)cc1.Cc1ccc(CS(=O)(=O)c2ccc(C)cc2)cc1.Cc1ccc(Cc2ccc(O)cc2)cc1C(=O)O.Cc1ccc(Sc2ccc(O)c(C(=O)O)c2)cc1C(=O)O.O=C=O.O=C=O. The molecule has 0 aromatic heterocycles. The number of aromatic hydroxyl groups is 9. The molecule has 30 heteroatoms. The summed E-state index contributed by atoms with van der Waals surface area (Å²) in [6.07, 6.45) is 8.27. The number of carbonyl (C=O) groups is 7. The minimum Gasteiger partial charge on any atom is -0.508 e. The number of carboxylic acids is 6. The van der Waals surface area contributed by atoms with Gasteiger partial charge < -0.3 is 76.6 Å². The maximum Gasteiger partial charge on any atom is 0.373 e. The number of allylic oxidation sites excluding steroid dienone is 5. The Bertz CT molecular complexity index is 6980. The van der Waals surface area contributed by atoms with Crippen LogP contribution in [0.3, 0.4) is 0 Å². The molecule has 1 spiro atoms. The molecule has 3 aliphatic rings. The van der Waals surface area contributed by atoms with Gasteiger partial charge in [0.1, 0.15) is 34.1 Å². The van der Waals surface area contributed by atoms with E-state index >= 15 is 0 Å². The highest BCUT2D eigenvalue weighted by molar-refractivity contribution is 7.99. The van der Waals surface area contributed by atoms with Crippen LogP contribution in [-0.2, 0) is 62.2 Å². The molecule has 13 aromatic rings. The second-order valence-electron chi connectivity index (χ2n) is 35.0. The Labute approximate surface area is 821 Å². The van der Waals surface area contributed by atoms with Crippen molar-refractivity contribution in [1.82, 2.24) is 0 Å². The van der Waals surface area contributed by atoms with E-state index < -0.39 is 62.2 Å². The van der Waals surface area contributed by atoms with E-state index in [2.05, 4.69) is 13.8 Å². The van der Waals surface area contributed by atoms with Crippen LogP contribution >= 0.6 is 11.8 Å². The van der Waals surface area contributed by atoms with Crippen molar-refractivity contribution in [3.8, 4) is 51.7 Å². The van der Waals surface area contributed by atoms with E-state index in [0.717, 1.165) is 66.8 Å². The van der Waals surface area contributed by atoms with Gasteiger partial charge in [0.05, 0.1) is 32.9 Å². The first-order valence-corrected chi connectivity index (χ1v) is 46.0. The Kier molecular flexibility index (Phi) is 35.7. The zero-order valence-corrected chi connectivity index (χ0v) is 80.4. The molecule has 0 saturated heterocycles. The minimum absolute atomic E-state index is 0.0519. The van der Waals surface area contributed by atoms with Crippen molar-refractivity contribution in [3.63, 3.8) is 0 Å². The lowest BCUT2D eigenvalue weighted by Crippen LogP contribution is -2.27. The number of sulfone groups is 1. The van der Waals surface area contributed by atoms with Crippen LogP contribution in [0.5, 0.6) is 51.7 Å². The number of phenolic OH excluding ortho intramolecular Hbond substituents is 7. The lowest BCUT2D eigenvalue weighted by Gasteiger charge is -2.31. The van der Waals surface area contributed by atoms with Crippen molar-refractivity contribution >= 4 is 81.1 Å². The Hall–Kier alpha value is -17.2. The third-order valence-electron chi connectivity index (χ3n) is 23.8. The van der Waals surface area contributed by atoms with Gasteiger partial charge in [-0.15, -0.1) is 0 Å². The first kappa shape index (κ1) is 108. The number of carbonyl (C=O) groups excluding carboxylic acids is 5. The highest BCUT2D eigenvalue weighted by atomic mass is 32.2. The number of hydrogen-bond donors (Lipinski definition) is 15. The monoisotopic (exact) mass is 1960 g/mol. The highest BCUT2D eigenvalue weighted by Crippen LogP contribution is 2.69. The molecule has 0 radical (unpaired) electrons. The summed E-state index contributed by atoms with van der Waals surface area (Å²) in [5, 5.41) is 146. The van der Waals surface area contributed by atoms with Crippen LogP contribution in [0.2, 0.25) is 0 Å². The first-order valence-electron chi connectivity index (χ1n) is 43.5. The Morgan fingerprint density at radius 1 is 0.366 bits per heavy atom. The quantitative estimate of drug-likeness (QED) is 0.0280. The fourth-order valence-electron chi connectivity index (χ4n) is 17.0. The number of hydrogen-bond acceptors (Lipinski definition) is 23. The van der Waals surface area contributed by atoms with Crippen LogP contribution in [0.25, 0.3) is 5.57 Å². The van der Waals surface area contributed by atoms with Gasteiger partial charge in [-0.3, -0.25) is 4.79 Å². The number of rotatable bonds is 18. The van der Waals surface area contributed by atoms with Gasteiger partial charge in [-0.1, -0.05) is 214 Å². The van der Waals surface area contributed by atoms with Gasteiger partial charge in [0, 0.05) is 32.3 Å². The summed E-state index contributed by atoms with van der Waals surface area (Å²) in [6.45, 7) is 21.1. The van der Waals surface area contributed by atoms with E-state index in [9.17, 15) is 103 Å². The van der Waals surface area contributed by atoms with Crippen LogP contribution < -0.4 is 0 Å². The van der Waals surface area contributed by atoms with Crippen LogP contribution in [0.15, 0.2) is 293 Å². The lowest BCUT2D eigenvalue weighted by atomic mass is 9.72. The van der Waals surface area contributed by atoms with Gasteiger partial charge >= 0.3 is 48.1 Å². The van der Waals surface area contributed by atoms with E-state index in [1.54, 1.807) is 131 Å². The van der Waals surface area contributed by atoms with Crippen LogP contribution in [0, 0.1) is 48.5 Å². The van der Waals surface area contributed by atoms with E-state index in [4.69, 9.17) is 34.5 Å². The highest BCUT2D eigenvalue weighted by Gasteiger charge is 2.60. The molecule has 0 bridgehead atoms. The summed E-state index contributed by atoms with van der Waals surface area (Å²) in [6, 6.07) is 70.6. The molecule has 2 unspecified atom stereocenters. The van der Waals surface area contributed by atoms with E-state index in [1.165, 1.54) is 66.4 Å².